The topological polar surface area (TPSA) is 71.1 Å². The molecule has 0 saturated carbocycles. The number of hydrogen-bond donors (Lipinski definition) is 0. The number of hydrogen-bond acceptors (Lipinski definition) is 6. The molecule has 0 spiro atoms. The predicted octanol–water partition coefficient (Wildman–Crippen LogP) is 1.68. The summed E-state index contributed by atoms with van der Waals surface area (Å²) in [5, 5.41) is 0. The lowest BCUT2D eigenvalue weighted by Gasteiger charge is -2.31. The van der Waals surface area contributed by atoms with Gasteiger partial charge in [-0.1, -0.05) is 19.1 Å². The van der Waals surface area contributed by atoms with Crippen LogP contribution >= 0.6 is 0 Å². The van der Waals surface area contributed by atoms with Crippen LogP contribution in [0.3, 0.4) is 0 Å². The molecule has 23 heavy (non-hydrogen) atoms. The fraction of sp³-hybridized carbons (Fsp3) is 0.765. The Balaban J connectivity index is 1.69. The Kier molecular flexibility index (Phi) is 5.02. The molecule has 2 heterocycles. The third-order valence-corrected chi connectivity index (χ3v) is 4.91. The van der Waals surface area contributed by atoms with Crippen LogP contribution in [0.4, 0.5) is 0 Å². The van der Waals surface area contributed by atoms with Crippen molar-refractivity contribution < 1.29 is 28.5 Å². The van der Waals surface area contributed by atoms with E-state index in [1.807, 2.05) is 19.1 Å². The Labute approximate surface area is 136 Å². The molecule has 0 N–H and O–H groups in total. The van der Waals surface area contributed by atoms with Crippen molar-refractivity contribution in [2.75, 3.05) is 19.8 Å². The molecule has 0 bridgehead atoms. The number of cyclic esters (lactones) is 1. The zero-order valence-electron chi connectivity index (χ0n) is 13.6. The van der Waals surface area contributed by atoms with Gasteiger partial charge in [0.25, 0.3) is 0 Å². The van der Waals surface area contributed by atoms with Crippen LogP contribution in [0.2, 0.25) is 0 Å². The van der Waals surface area contributed by atoms with Crippen LogP contribution in [-0.2, 0) is 28.5 Å². The highest BCUT2D eigenvalue weighted by Crippen LogP contribution is 2.44. The summed E-state index contributed by atoms with van der Waals surface area (Å²) in [6.07, 6.45) is 4.96. The van der Waals surface area contributed by atoms with E-state index in [4.69, 9.17) is 18.9 Å². The molecule has 0 aromatic heterocycles. The maximum absolute atomic E-state index is 12.4. The van der Waals surface area contributed by atoms with E-state index in [9.17, 15) is 9.59 Å². The van der Waals surface area contributed by atoms with Gasteiger partial charge in [-0.2, -0.15) is 0 Å². The molecular formula is C17H24O6. The minimum absolute atomic E-state index is 0.0249. The molecule has 0 unspecified atom stereocenters. The van der Waals surface area contributed by atoms with Crippen LogP contribution in [0.25, 0.3) is 0 Å². The Morgan fingerprint density at radius 1 is 1.26 bits per heavy atom. The number of allylic oxidation sites excluding steroid dienone is 1. The van der Waals surface area contributed by atoms with E-state index in [0.29, 0.717) is 32.7 Å². The molecule has 2 fully saturated rings. The first-order chi connectivity index (χ1) is 11.1. The lowest BCUT2D eigenvalue weighted by atomic mass is 9.70. The average Bonchev–Trinajstić information content (AvgIpc) is 3.14. The van der Waals surface area contributed by atoms with Gasteiger partial charge in [0.05, 0.1) is 31.7 Å². The Morgan fingerprint density at radius 3 is 2.70 bits per heavy atom. The molecule has 3 aliphatic rings. The molecule has 3 rings (SSSR count). The van der Waals surface area contributed by atoms with Crippen LogP contribution in [0.1, 0.15) is 26.7 Å². The summed E-state index contributed by atoms with van der Waals surface area (Å²) in [7, 11) is 0. The molecule has 0 aromatic carbocycles. The van der Waals surface area contributed by atoms with Crippen LogP contribution in [0.5, 0.6) is 0 Å². The molecule has 6 nitrogen and oxygen atoms in total. The highest BCUT2D eigenvalue weighted by Gasteiger charge is 2.53. The summed E-state index contributed by atoms with van der Waals surface area (Å²) in [4.78, 5) is 24.6. The number of carbonyl (C=O) groups is 2. The van der Waals surface area contributed by atoms with Crippen molar-refractivity contribution in [3.8, 4) is 0 Å². The number of carbonyl (C=O) groups excluding carboxylic acids is 2. The molecule has 1 aliphatic carbocycles. The standard InChI is InChI=1S/C17H24O6/c1-3-20-16(18)14-10(2)4-5-11-12(23-17(19)15(11)14)6-7-13-21-8-9-22-13/h4-5,10-15H,3,6-9H2,1-2H3/t10-,11-,12-,14-,15-/m1/s1. The van der Waals surface area contributed by atoms with Gasteiger partial charge in [0.1, 0.15) is 6.10 Å². The minimum atomic E-state index is -0.457. The summed E-state index contributed by atoms with van der Waals surface area (Å²) < 4.78 is 21.6. The Hall–Kier alpha value is -1.40. The molecular weight excluding hydrogens is 300 g/mol. The zero-order valence-corrected chi connectivity index (χ0v) is 13.6. The maximum Gasteiger partial charge on any atom is 0.310 e. The van der Waals surface area contributed by atoms with E-state index in [0.717, 1.165) is 0 Å². The van der Waals surface area contributed by atoms with Crippen molar-refractivity contribution in [2.24, 2.45) is 23.7 Å². The predicted molar refractivity (Wildman–Crippen MR) is 80.2 cm³/mol. The van der Waals surface area contributed by atoms with Gasteiger partial charge in [0.15, 0.2) is 6.29 Å². The quantitative estimate of drug-likeness (QED) is 0.566. The molecule has 128 valence electrons. The number of rotatable bonds is 5. The molecule has 5 atom stereocenters. The molecule has 0 radical (unpaired) electrons. The highest BCUT2D eigenvalue weighted by molar-refractivity contribution is 5.85. The lowest BCUT2D eigenvalue weighted by molar-refractivity contribution is -0.158. The smallest absolute Gasteiger partial charge is 0.310 e. The minimum Gasteiger partial charge on any atom is -0.466 e. The van der Waals surface area contributed by atoms with Crippen molar-refractivity contribution >= 4 is 11.9 Å². The van der Waals surface area contributed by atoms with E-state index in [-0.39, 0.29) is 36.2 Å². The third kappa shape index (κ3) is 3.28. The average molecular weight is 324 g/mol. The number of fused-ring (bicyclic) bond motifs is 1. The fourth-order valence-corrected chi connectivity index (χ4v) is 3.80. The maximum atomic E-state index is 12.4. The van der Waals surface area contributed by atoms with Gasteiger partial charge in [0.2, 0.25) is 0 Å². The molecule has 2 saturated heterocycles. The van der Waals surface area contributed by atoms with E-state index in [2.05, 4.69) is 0 Å². The first kappa shape index (κ1) is 16.5. The zero-order chi connectivity index (χ0) is 16.4. The highest BCUT2D eigenvalue weighted by atomic mass is 16.7. The van der Waals surface area contributed by atoms with Crippen LogP contribution in [0.15, 0.2) is 12.2 Å². The molecule has 0 aromatic rings. The van der Waals surface area contributed by atoms with Crippen molar-refractivity contribution in [3.63, 3.8) is 0 Å². The largest absolute Gasteiger partial charge is 0.466 e. The normalized spacial score (nSPS) is 36.8. The number of ether oxygens (including phenoxy) is 4. The van der Waals surface area contributed by atoms with Crippen LogP contribution in [0, 0.1) is 23.7 Å². The van der Waals surface area contributed by atoms with Crippen molar-refractivity contribution in [1.29, 1.82) is 0 Å². The lowest BCUT2D eigenvalue weighted by Crippen LogP contribution is -2.39. The number of esters is 2. The summed E-state index contributed by atoms with van der Waals surface area (Å²) in [6.45, 7) is 5.26. The van der Waals surface area contributed by atoms with Crippen molar-refractivity contribution in [3.05, 3.63) is 12.2 Å². The van der Waals surface area contributed by atoms with E-state index in [1.54, 1.807) is 6.92 Å². The summed E-state index contributed by atoms with van der Waals surface area (Å²) in [6, 6.07) is 0. The Bertz CT molecular complexity index is 481. The van der Waals surface area contributed by atoms with Gasteiger partial charge in [0, 0.05) is 12.3 Å². The monoisotopic (exact) mass is 324 g/mol. The van der Waals surface area contributed by atoms with E-state index >= 15 is 0 Å². The van der Waals surface area contributed by atoms with Crippen molar-refractivity contribution in [1.82, 2.24) is 0 Å². The summed E-state index contributed by atoms with van der Waals surface area (Å²) in [5.41, 5.74) is 0. The second kappa shape index (κ2) is 7.01. The van der Waals surface area contributed by atoms with E-state index < -0.39 is 11.8 Å². The van der Waals surface area contributed by atoms with Crippen molar-refractivity contribution in [2.45, 2.75) is 39.1 Å². The van der Waals surface area contributed by atoms with E-state index in [1.165, 1.54) is 0 Å². The van der Waals surface area contributed by atoms with Crippen LogP contribution < -0.4 is 0 Å². The first-order valence-electron chi connectivity index (χ1n) is 8.40. The van der Waals surface area contributed by atoms with Crippen LogP contribution in [-0.4, -0.2) is 44.2 Å². The third-order valence-electron chi connectivity index (χ3n) is 4.91. The molecule has 2 aliphatic heterocycles. The van der Waals surface area contributed by atoms with Gasteiger partial charge in [-0.15, -0.1) is 0 Å². The second-order valence-corrected chi connectivity index (χ2v) is 6.35. The second-order valence-electron chi connectivity index (χ2n) is 6.35. The summed E-state index contributed by atoms with van der Waals surface area (Å²) >= 11 is 0. The molecule has 0 amide bonds. The Morgan fingerprint density at radius 2 is 2.00 bits per heavy atom. The van der Waals surface area contributed by atoms with Gasteiger partial charge in [-0.25, -0.2) is 0 Å². The molecule has 6 heteroatoms. The van der Waals surface area contributed by atoms with Gasteiger partial charge >= 0.3 is 11.9 Å². The van der Waals surface area contributed by atoms with Gasteiger partial charge < -0.3 is 18.9 Å². The first-order valence-corrected chi connectivity index (χ1v) is 8.40. The summed E-state index contributed by atoms with van der Waals surface area (Å²) in [5.74, 6) is -1.59. The van der Waals surface area contributed by atoms with Gasteiger partial charge in [-0.3, -0.25) is 9.59 Å². The van der Waals surface area contributed by atoms with Gasteiger partial charge in [-0.05, 0) is 19.3 Å². The SMILES string of the molecule is CCOC(=O)[C@H]1[C@@H]2C(=O)O[C@H](CCC3OCCO3)[C@H]2C=C[C@H]1C. The fourth-order valence-electron chi connectivity index (χ4n) is 3.80.